The number of carbonyl (C=O) groups is 1. The zero-order valence-electron chi connectivity index (χ0n) is 13.1. The first-order chi connectivity index (χ1) is 10.9. The van der Waals surface area contributed by atoms with Crippen molar-refractivity contribution in [3.63, 3.8) is 0 Å². The van der Waals surface area contributed by atoms with Crippen molar-refractivity contribution < 1.29 is 9.72 Å². The number of hydrogen-bond acceptors (Lipinski definition) is 5. The molecule has 2 aromatic rings. The molecule has 8 heteroatoms. The van der Waals surface area contributed by atoms with Gasteiger partial charge >= 0.3 is 5.82 Å². The van der Waals surface area contributed by atoms with Gasteiger partial charge in [-0.2, -0.15) is 9.78 Å². The predicted molar refractivity (Wildman–Crippen MR) is 85.4 cm³/mol. The molecule has 0 unspecified atom stereocenters. The van der Waals surface area contributed by atoms with Crippen LogP contribution in [0.3, 0.4) is 0 Å². The van der Waals surface area contributed by atoms with Crippen LogP contribution in [0.25, 0.3) is 0 Å². The molecule has 0 aliphatic heterocycles. The summed E-state index contributed by atoms with van der Waals surface area (Å²) in [5.74, 6) is -0.518. The average molecular weight is 315 g/mol. The fourth-order valence-electron chi connectivity index (χ4n) is 1.99. The minimum absolute atomic E-state index is 0.209. The van der Waals surface area contributed by atoms with Gasteiger partial charge in [-0.1, -0.05) is 17.7 Å². The number of carbonyl (C=O) groups excluding carboxylic acids is 1. The van der Waals surface area contributed by atoms with Gasteiger partial charge in [-0.25, -0.2) is 5.43 Å². The van der Waals surface area contributed by atoms with Gasteiger partial charge in [0.1, 0.15) is 6.54 Å². The highest BCUT2D eigenvalue weighted by molar-refractivity contribution is 5.95. The Kier molecular flexibility index (Phi) is 4.85. The first-order valence-corrected chi connectivity index (χ1v) is 6.96. The lowest BCUT2D eigenvalue weighted by Gasteiger charge is -2.03. The highest BCUT2D eigenvalue weighted by Gasteiger charge is 2.15. The molecule has 1 amide bonds. The second kappa shape index (κ2) is 6.82. The molecule has 0 fully saturated rings. The average Bonchev–Trinajstić information content (AvgIpc) is 2.86. The molecule has 0 radical (unpaired) electrons. The van der Waals surface area contributed by atoms with Crippen molar-refractivity contribution in [2.45, 2.75) is 27.3 Å². The first-order valence-electron chi connectivity index (χ1n) is 6.96. The lowest BCUT2D eigenvalue weighted by molar-refractivity contribution is -0.389. The Morgan fingerprint density at radius 3 is 2.74 bits per heavy atom. The molecule has 23 heavy (non-hydrogen) atoms. The Balaban J connectivity index is 2.03. The predicted octanol–water partition coefficient (Wildman–Crippen LogP) is 2.21. The minimum Gasteiger partial charge on any atom is -0.358 e. The van der Waals surface area contributed by atoms with E-state index in [0.29, 0.717) is 17.0 Å². The number of nitrogens with zero attached hydrogens (tertiary/aromatic N) is 4. The third-order valence-corrected chi connectivity index (χ3v) is 3.16. The Hall–Kier alpha value is -3.03. The summed E-state index contributed by atoms with van der Waals surface area (Å²) in [6, 6.07) is 8.56. The zero-order chi connectivity index (χ0) is 17.0. The van der Waals surface area contributed by atoms with Crippen LogP contribution in [0.2, 0.25) is 0 Å². The van der Waals surface area contributed by atoms with E-state index in [0.717, 1.165) is 5.56 Å². The first kappa shape index (κ1) is 16.3. The van der Waals surface area contributed by atoms with E-state index in [9.17, 15) is 14.9 Å². The van der Waals surface area contributed by atoms with Crippen LogP contribution in [0, 0.1) is 24.0 Å². The number of rotatable bonds is 5. The third-order valence-electron chi connectivity index (χ3n) is 3.16. The van der Waals surface area contributed by atoms with Crippen LogP contribution in [0.15, 0.2) is 35.4 Å². The lowest BCUT2D eigenvalue weighted by atomic mass is 10.1. The largest absolute Gasteiger partial charge is 0.390 e. The van der Waals surface area contributed by atoms with Crippen LogP contribution in [-0.2, 0) is 6.54 Å². The smallest absolute Gasteiger partial charge is 0.358 e. The van der Waals surface area contributed by atoms with Crippen LogP contribution >= 0.6 is 0 Å². The van der Waals surface area contributed by atoms with Gasteiger partial charge < -0.3 is 10.1 Å². The van der Waals surface area contributed by atoms with Crippen molar-refractivity contribution in [3.05, 3.63) is 57.3 Å². The lowest BCUT2D eigenvalue weighted by Crippen LogP contribution is -2.21. The van der Waals surface area contributed by atoms with Crippen LogP contribution in [-0.4, -0.2) is 26.3 Å². The number of nitrogens with one attached hydrogen (secondary N) is 1. The summed E-state index contributed by atoms with van der Waals surface area (Å²) < 4.78 is 1.47. The van der Waals surface area contributed by atoms with Crippen LogP contribution in [0.1, 0.15) is 28.5 Å². The summed E-state index contributed by atoms with van der Waals surface area (Å²) in [6.45, 7) is 5.59. The Bertz CT molecular complexity index is 779. The third kappa shape index (κ3) is 4.22. The number of amides is 1. The number of aromatic nitrogens is 2. The quantitative estimate of drug-likeness (QED) is 0.519. The molecule has 1 heterocycles. The van der Waals surface area contributed by atoms with Crippen LogP contribution in [0.4, 0.5) is 5.82 Å². The summed E-state index contributed by atoms with van der Waals surface area (Å²) in [5, 5.41) is 18.6. The number of nitro groups is 1. The van der Waals surface area contributed by atoms with E-state index in [1.165, 1.54) is 10.7 Å². The fraction of sp³-hybridized carbons (Fsp3) is 0.267. The molecular formula is C15H17N5O3. The number of benzene rings is 1. The van der Waals surface area contributed by atoms with E-state index in [4.69, 9.17) is 0 Å². The molecule has 1 N–H and O–H groups in total. The highest BCUT2D eigenvalue weighted by Crippen LogP contribution is 2.10. The van der Waals surface area contributed by atoms with Crippen LogP contribution in [0.5, 0.6) is 0 Å². The summed E-state index contributed by atoms with van der Waals surface area (Å²) in [5.41, 5.74) is 5.20. The summed E-state index contributed by atoms with van der Waals surface area (Å²) in [4.78, 5) is 22.1. The van der Waals surface area contributed by atoms with Gasteiger partial charge in [-0.3, -0.25) is 4.79 Å². The molecule has 0 aliphatic rings. The fourth-order valence-corrected chi connectivity index (χ4v) is 1.99. The number of hydrogen-bond donors (Lipinski definition) is 1. The summed E-state index contributed by atoms with van der Waals surface area (Å²) in [6.07, 6.45) is 0. The standard InChI is InChI=1S/C15H17N5O3/c1-10-5-4-6-13(7-10)15(21)17-16-11(2)9-19-12(3)8-14(18-19)20(22)23/h4-8H,9H2,1-3H3,(H,17,21). The Labute approximate surface area is 133 Å². The Morgan fingerprint density at radius 2 is 2.13 bits per heavy atom. The van der Waals surface area contributed by atoms with E-state index < -0.39 is 4.92 Å². The maximum atomic E-state index is 12.0. The van der Waals surface area contributed by atoms with Crippen LogP contribution < -0.4 is 5.43 Å². The van der Waals surface area contributed by atoms with Gasteiger partial charge in [0.25, 0.3) is 5.91 Å². The molecule has 2 rings (SSSR count). The van der Waals surface area contributed by atoms with Crippen molar-refractivity contribution in [1.29, 1.82) is 0 Å². The Morgan fingerprint density at radius 1 is 1.39 bits per heavy atom. The van der Waals surface area contributed by atoms with E-state index in [2.05, 4.69) is 15.6 Å². The molecule has 1 aromatic heterocycles. The van der Waals surface area contributed by atoms with Crippen molar-refractivity contribution in [3.8, 4) is 0 Å². The summed E-state index contributed by atoms with van der Waals surface area (Å²) in [7, 11) is 0. The summed E-state index contributed by atoms with van der Waals surface area (Å²) >= 11 is 0. The number of hydrazone groups is 1. The zero-order valence-corrected chi connectivity index (χ0v) is 13.1. The van der Waals surface area contributed by atoms with E-state index in [1.807, 2.05) is 13.0 Å². The maximum Gasteiger partial charge on any atom is 0.390 e. The van der Waals surface area contributed by atoms with E-state index in [1.54, 1.807) is 32.0 Å². The van der Waals surface area contributed by atoms with Gasteiger partial charge in [0, 0.05) is 5.56 Å². The molecule has 120 valence electrons. The van der Waals surface area contributed by atoms with Gasteiger partial charge in [0.05, 0.1) is 22.6 Å². The van der Waals surface area contributed by atoms with Gasteiger partial charge in [-0.05, 0) is 37.8 Å². The molecule has 0 atom stereocenters. The SMILES string of the molecule is CC(Cn1nc([N+](=O)[O-])cc1C)=NNC(=O)c1cccc(C)c1. The van der Waals surface area contributed by atoms with Gasteiger partial charge in [0.15, 0.2) is 0 Å². The number of aryl methyl sites for hydroxylation is 2. The van der Waals surface area contributed by atoms with Crippen molar-refractivity contribution >= 4 is 17.4 Å². The monoisotopic (exact) mass is 315 g/mol. The normalized spacial score (nSPS) is 11.3. The topological polar surface area (TPSA) is 102 Å². The molecule has 0 aliphatic carbocycles. The molecule has 0 spiro atoms. The highest BCUT2D eigenvalue weighted by atomic mass is 16.6. The minimum atomic E-state index is -0.546. The molecule has 1 aromatic carbocycles. The second-order valence-electron chi connectivity index (χ2n) is 5.22. The molecule has 0 bridgehead atoms. The van der Waals surface area contributed by atoms with Gasteiger partial charge in [-0.15, -0.1) is 0 Å². The van der Waals surface area contributed by atoms with Crippen molar-refractivity contribution in [1.82, 2.24) is 15.2 Å². The molecule has 8 nitrogen and oxygen atoms in total. The molecular weight excluding hydrogens is 298 g/mol. The van der Waals surface area contributed by atoms with Gasteiger partial charge in [0.2, 0.25) is 0 Å². The van der Waals surface area contributed by atoms with E-state index in [-0.39, 0.29) is 18.3 Å². The molecule has 0 saturated carbocycles. The van der Waals surface area contributed by atoms with E-state index >= 15 is 0 Å². The maximum absolute atomic E-state index is 12.0. The van der Waals surface area contributed by atoms with Crippen molar-refractivity contribution in [2.75, 3.05) is 0 Å². The van der Waals surface area contributed by atoms with Crippen molar-refractivity contribution in [2.24, 2.45) is 5.10 Å². The second-order valence-corrected chi connectivity index (χ2v) is 5.22. The molecule has 0 saturated heterocycles.